The molecule has 25 heterocycles. The van der Waals surface area contributed by atoms with Gasteiger partial charge in [0.2, 0.25) is 17.2 Å². The number of nitrogens with zero attached hydrogens (tertiary/aromatic N) is 22. The molecule has 512 valence electrons. The van der Waals surface area contributed by atoms with Gasteiger partial charge in [0, 0.05) is 163 Å². The highest BCUT2D eigenvalue weighted by molar-refractivity contribution is 7.21. The van der Waals surface area contributed by atoms with Crippen molar-refractivity contribution in [2.24, 2.45) is 7.05 Å². The van der Waals surface area contributed by atoms with Crippen LogP contribution in [0.1, 0.15) is 27.8 Å². The number of hydrogen-bond donors (Lipinski definition) is 0. The first-order valence-electron chi connectivity index (χ1n) is 35.4. The minimum absolute atomic E-state index is 0.802. The van der Waals surface area contributed by atoms with Crippen molar-refractivity contribution in [3.05, 3.63) is 298 Å². The second kappa shape index (κ2) is 23.2. The lowest BCUT2D eigenvalue weighted by molar-refractivity contribution is -0.651. The van der Waals surface area contributed by atoms with Crippen molar-refractivity contribution in [3.8, 4) is 67.6 Å². The molecule has 108 heavy (non-hydrogen) atoms. The Hall–Kier alpha value is -14.6. The van der Waals surface area contributed by atoms with E-state index in [2.05, 4.69) is 196 Å². The van der Waals surface area contributed by atoms with E-state index in [9.17, 15) is 0 Å². The summed E-state index contributed by atoms with van der Waals surface area (Å²) < 4.78 is 40.4. The fourth-order valence-corrected chi connectivity index (χ4v) is 18.0. The molecule has 0 N–H and O–H groups in total. The molecular weight excluding hydrogens is 1370 g/mol. The lowest BCUT2D eigenvalue weighted by Gasteiger charge is -2.03. The Morgan fingerprint density at radius 1 is 0.352 bits per heavy atom. The average Bonchev–Trinajstić information content (AvgIpc) is 1.55. The minimum Gasteiger partial charge on any atom is -0.414 e. The smallest absolute Gasteiger partial charge is 0.385 e. The number of oxazole rings is 2. The number of aryl methyl sites for hydroxylation is 1. The van der Waals surface area contributed by atoms with Gasteiger partial charge in [-0.1, -0.05) is 47.7 Å². The quantitative estimate of drug-likeness (QED) is 0.148. The van der Waals surface area contributed by atoms with Gasteiger partial charge in [-0.05, 0) is 72.8 Å². The second-order valence-corrected chi connectivity index (χ2v) is 28.3. The van der Waals surface area contributed by atoms with Gasteiger partial charge in [0.1, 0.15) is 51.1 Å². The van der Waals surface area contributed by atoms with E-state index in [1.165, 1.54) is 99.2 Å². The van der Waals surface area contributed by atoms with Crippen molar-refractivity contribution in [1.29, 1.82) is 0 Å². The predicted octanol–water partition coefficient (Wildman–Crippen LogP) is 12.1. The number of fused-ring (bicyclic) bond motifs is 35. The third kappa shape index (κ3) is 8.80. The molecule has 0 amide bonds. The highest BCUT2D eigenvalue weighted by Gasteiger charge is 2.40. The van der Waals surface area contributed by atoms with Crippen LogP contribution in [0.2, 0.25) is 0 Å². The maximum atomic E-state index is 6.37. The number of para-hydroxylation sites is 2. The molecule has 0 saturated heterocycles. The summed E-state index contributed by atoms with van der Waals surface area (Å²) in [5.74, 6) is 4.15. The monoisotopic (exact) mass is 1430 g/mol. The van der Waals surface area contributed by atoms with Crippen LogP contribution < -0.4 is 22.8 Å². The molecule has 25 heteroatoms. The van der Waals surface area contributed by atoms with Crippen LogP contribution in [0.3, 0.4) is 0 Å². The van der Waals surface area contributed by atoms with Gasteiger partial charge in [-0.25, -0.2) is 47.0 Å². The Morgan fingerprint density at radius 2 is 0.796 bits per heavy atom. The Balaban J connectivity index is 0.0000000819. The van der Waals surface area contributed by atoms with Gasteiger partial charge in [-0.15, -0.1) is 4.57 Å². The van der Waals surface area contributed by atoms with Crippen LogP contribution >= 0.6 is 11.3 Å². The molecule has 20 aromatic heterocycles. The molecular formula is C83H57N22O2S+5. The highest BCUT2D eigenvalue weighted by Crippen LogP contribution is 2.41. The number of pyridine rings is 6. The van der Waals surface area contributed by atoms with E-state index in [1.54, 1.807) is 6.20 Å². The van der Waals surface area contributed by atoms with E-state index in [0.717, 1.165) is 117 Å². The number of hydrogen-bond acceptors (Lipinski definition) is 13. The van der Waals surface area contributed by atoms with Crippen molar-refractivity contribution < 1.29 is 31.7 Å². The maximum absolute atomic E-state index is 6.37. The summed E-state index contributed by atoms with van der Waals surface area (Å²) in [6, 6.07) is 50.0. The molecule has 0 saturated carbocycles. The first-order valence-corrected chi connectivity index (χ1v) is 36.2. The number of benzene rings is 2. The molecule has 5 aliphatic rings. The van der Waals surface area contributed by atoms with E-state index in [-0.39, 0.29) is 0 Å². The molecule has 0 atom stereocenters. The molecule has 0 radical (unpaired) electrons. The summed E-state index contributed by atoms with van der Waals surface area (Å²) in [5.41, 5.74) is 30.1. The molecule has 0 spiro atoms. The summed E-state index contributed by atoms with van der Waals surface area (Å²) in [7, 11) is 2.11. The Bertz CT molecular complexity index is 7310. The van der Waals surface area contributed by atoms with E-state index in [0.29, 0.717) is 0 Å². The van der Waals surface area contributed by atoms with Gasteiger partial charge in [-0.2, -0.15) is 13.4 Å². The lowest BCUT2D eigenvalue weighted by Crippen LogP contribution is -2.32. The lowest BCUT2D eigenvalue weighted by atomic mass is 10.1. The fourth-order valence-electron chi connectivity index (χ4n) is 16.8. The van der Waals surface area contributed by atoms with E-state index >= 15 is 0 Å². The summed E-state index contributed by atoms with van der Waals surface area (Å²) in [4.78, 5) is 42.6. The van der Waals surface area contributed by atoms with Gasteiger partial charge < -0.3 is 8.83 Å². The van der Waals surface area contributed by atoms with E-state index < -0.39 is 0 Å². The van der Waals surface area contributed by atoms with Gasteiger partial charge in [-0.3, -0.25) is 39.0 Å². The number of thiazole rings is 1. The Morgan fingerprint density at radius 3 is 1.43 bits per heavy atom. The fraction of sp³-hybridized carbons (Fsp3) is 0.0723. The van der Waals surface area contributed by atoms with Crippen LogP contribution in [-0.4, -0.2) is 81.1 Å². The van der Waals surface area contributed by atoms with E-state index in [4.69, 9.17) is 8.83 Å². The van der Waals surface area contributed by atoms with Crippen molar-refractivity contribution >= 4 is 99.4 Å². The maximum Gasteiger partial charge on any atom is 0.385 e. The van der Waals surface area contributed by atoms with E-state index in [1.807, 2.05) is 190 Å². The Kier molecular flexibility index (Phi) is 12.9. The molecule has 24 nitrogen and oxygen atoms in total. The second-order valence-electron chi connectivity index (χ2n) is 27.3. The first kappa shape index (κ1) is 59.9. The zero-order chi connectivity index (χ0) is 70.8. The summed E-state index contributed by atoms with van der Waals surface area (Å²) in [6.45, 7) is 4.29. The normalized spacial score (nSPS) is 12.9. The largest absolute Gasteiger partial charge is 0.414 e. The van der Waals surface area contributed by atoms with Crippen LogP contribution in [0.15, 0.2) is 279 Å². The van der Waals surface area contributed by atoms with Crippen LogP contribution in [-0.2, 0) is 39.8 Å². The van der Waals surface area contributed by atoms with Crippen LogP contribution in [0.25, 0.3) is 156 Å². The van der Waals surface area contributed by atoms with Gasteiger partial charge >= 0.3 is 17.2 Å². The topological polar surface area (TPSA) is 207 Å². The van der Waals surface area contributed by atoms with Gasteiger partial charge in [0.25, 0.3) is 28.4 Å². The van der Waals surface area contributed by atoms with Gasteiger partial charge in [0.05, 0.1) is 59.5 Å². The van der Waals surface area contributed by atoms with Crippen LogP contribution in [0, 0.1) is 0 Å². The predicted molar refractivity (Wildman–Crippen MR) is 403 cm³/mol. The van der Waals surface area contributed by atoms with Crippen molar-refractivity contribution in [2.45, 2.75) is 32.7 Å². The summed E-state index contributed by atoms with van der Waals surface area (Å²) in [5, 5.41) is 2.44. The average molecular weight is 1430 g/mol. The zero-order valence-corrected chi connectivity index (χ0v) is 58.3. The SMILES string of the molecule is Cn1c2[n+](c3c1cc1ccncn13)Cc1ccncc1-2.c1cc2c(cn1)-c1oc3cc4ccncn4c3[n+]1C2.c1cc2c(cn1)-c1sc3cc4ccncn4c3[n+]1C2.c1ccc(-n2c3[n+](c4c2cc2ccncn24)Cc2ccncc2-3)cc1.c1ccc(-n2c3cnccc3c3c2oc2[n+]3Cc3ccncc3-2)cc1. The third-order valence-electron chi connectivity index (χ3n) is 21.5. The molecule has 27 rings (SSSR count). The molecule has 0 fully saturated rings. The Labute approximate surface area is 614 Å². The molecule has 0 aliphatic carbocycles. The molecule has 22 aromatic rings. The molecule has 2 aromatic carbocycles. The van der Waals surface area contributed by atoms with Crippen LogP contribution in [0.5, 0.6) is 0 Å². The summed E-state index contributed by atoms with van der Waals surface area (Å²) >= 11 is 1.83. The van der Waals surface area contributed by atoms with Crippen molar-refractivity contribution in [1.82, 2.24) is 81.1 Å². The highest BCUT2D eigenvalue weighted by atomic mass is 32.1. The van der Waals surface area contributed by atoms with Crippen molar-refractivity contribution in [3.63, 3.8) is 0 Å². The zero-order valence-electron chi connectivity index (χ0n) is 57.5. The third-order valence-corrected chi connectivity index (χ3v) is 22.6. The standard InChI is InChI=1S/C20H14N5.C20H13N4O.C15H12N5.C14H9N4O.C14H9N4S/c1-2-4-15(5-3-1)25-18-10-16-7-9-22-13-24(16)20(18)23-12-14-6-8-21-11-17(14)19(23)25;1-2-4-14(5-3-1)24-17-11-22-9-7-15(17)18-20(24)25-19-16-10-21-8-6-13(16)12-23(18)19;1-18-13-6-11-3-5-17-9-20(11)15(13)19-8-10-2-4-16-7-12(10)14(18)19;2*1-3-15-6-11-9(1)7-17-13-12(19-14(11)17)5-10-2-4-16-8-18(10)13/h1-11,13H,12H2;1-11H,12H2;2-7,9H,8H2,1H3;2*1-6,8H,7H2/q5*+1. The first-order chi connectivity index (χ1) is 53.5. The number of imidazole rings is 2. The minimum atomic E-state index is 0.802. The van der Waals surface area contributed by atoms with Crippen LogP contribution in [0.4, 0.5) is 0 Å². The molecule has 5 aliphatic heterocycles. The number of rotatable bonds is 2. The van der Waals surface area contributed by atoms with Gasteiger partial charge in [0.15, 0.2) is 47.9 Å². The molecule has 0 bridgehead atoms. The molecule has 0 unspecified atom stereocenters. The summed E-state index contributed by atoms with van der Waals surface area (Å²) in [6.07, 6.45) is 37.4. The van der Waals surface area contributed by atoms with Crippen molar-refractivity contribution in [2.75, 3.05) is 0 Å². The number of aromatic nitrogens is 22.